The van der Waals surface area contributed by atoms with Crippen molar-refractivity contribution in [1.29, 1.82) is 0 Å². The second-order valence-electron chi connectivity index (χ2n) is 4.26. The number of nitrogens with one attached hydrogen (secondary N) is 2. The van der Waals surface area contributed by atoms with Crippen LogP contribution in [0.5, 0.6) is 0 Å². The van der Waals surface area contributed by atoms with Gasteiger partial charge in [-0.3, -0.25) is 9.48 Å². The summed E-state index contributed by atoms with van der Waals surface area (Å²) in [7, 11) is 0. The molecule has 2 N–H and O–H groups in total. The third kappa shape index (κ3) is 3.39. The summed E-state index contributed by atoms with van der Waals surface area (Å²) < 4.78 is 2.64. The zero-order chi connectivity index (χ0) is 14.5. The molecule has 1 heterocycles. The third-order valence-electron chi connectivity index (χ3n) is 2.82. The van der Waals surface area contributed by atoms with Crippen LogP contribution in [-0.2, 0) is 6.54 Å². The number of benzene rings is 1. The molecule has 2 aromatic rings. The van der Waals surface area contributed by atoms with Crippen molar-refractivity contribution in [1.82, 2.24) is 9.78 Å². The van der Waals surface area contributed by atoms with E-state index >= 15 is 0 Å². The zero-order valence-corrected chi connectivity index (χ0v) is 13.1. The molecule has 1 aromatic carbocycles. The van der Waals surface area contributed by atoms with E-state index in [2.05, 4.69) is 31.7 Å². The first kappa shape index (κ1) is 14.6. The second-order valence-corrected chi connectivity index (χ2v) is 5.17. The van der Waals surface area contributed by atoms with Crippen molar-refractivity contribution in [2.75, 3.05) is 17.2 Å². The van der Waals surface area contributed by atoms with Crippen LogP contribution in [0.1, 0.15) is 24.2 Å². The van der Waals surface area contributed by atoms with Gasteiger partial charge in [0, 0.05) is 23.8 Å². The average Bonchev–Trinajstić information content (AvgIpc) is 2.91. The van der Waals surface area contributed by atoms with Crippen LogP contribution in [0, 0.1) is 0 Å². The summed E-state index contributed by atoms with van der Waals surface area (Å²) in [5.74, 6) is -0.165. The number of carbonyl (C=O) groups excluding carboxylic acids is 1. The fourth-order valence-corrected chi connectivity index (χ4v) is 2.17. The number of hydrogen-bond donors (Lipinski definition) is 2. The zero-order valence-electron chi connectivity index (χ0n) is 11.5. The van der Waals surface area contributed by atoms with E-state index in [9.17, 15) is 4.79 Å². The van der Waals surface area contributed by atoms with Crippen molar-refractivity contribution in [3.63, 3.8) is 0 Å². The highest BCUT2D eigenvalue weighted by molar-refractivity contribution is 9.10. The lowest BCUT2D eigenvalue weighted by Gasteiger charge is -2.12. The number of halogens is 1. The maximum atomic E-state index is 12.2. The standard InChI is InChI=1S/C14H17BrN4O/c1-3-16-12-6-5-11(15)7-13(12)18-14(20)10-8-17-19(4-2)9-10/h5-9,16H,3-4H2,1-2H3,(H,18,20). The van der Waals surface area contributed by atoms with Gasteiger partial charge < -0.3 is 10.6 Å². The number of aromatic nitrogens is 2. The predicted octanol–water partition coefficient (Wildman–Crippen LogP) is 3.35. The van der Waals surface area contributed by atoms with Gasteiger partial charge in [-0.25, -0.2) is 0 Å². The van der Waals surface area contributed by atoms with Crippen molar-refractivity contribution in [2.45, 2.75) is 20.4 Å². The summed E-state index contributed by atoms with van der Waals surface area (Å²) in [5.41, 5.74) is 2.19. The first-order valence-corrected chi connectivity index (χ1v) is 7.30. The van der Waals surface area contributed by atoms with Gasteiger partial charge in [-0.05, 0) is 32.0 Å². The molecule has 1 aromatic heterocycles. The Morgan fingerprint density at radius 3 is 2.80 bits per heavy atom. The highest BCUT2D eigenvalue weighted by atomic mass is 79.9. The van der Waals surface area contributed by atoms with Crippen molar-refractivity contribution in [2.24, 2.45) is 0 Å². The van der Waals surface area contributed by atoms with E-state index in [1.165, 1.54) is 0 Å². The van der Waals surface area contributed by atoms with Gasteiger partial charge in [-0.15, -0.1) is 0 Å². The Hall–Kier alpha value is -1.82. The van der Waals surface area contributed by atoms with Gasteiger partial charge >= 0.3 is 0 Å². The van der Waals surface area contributed by atoms with Crippen LogP contribution in [-0.4, -0.2) is 22.2 Å². The Balaban J connectivity index is 2.20. The normalized spacial score (nSPS) is 10.3. The van der Waals surface area contributed by atoms with E-state index < -0.39 is 0 Å². The highest BCUT2D eigenvalue weighted by Crippen LogP contribution is 2.26. The van der Waals surface area contributed by atoms with Gasteiger partial charge in [0.15, 0.2) is 0 Å². The number of aryl methyl sites for hydroxylation is 1. The minimum atomic E-state index is -0.165. The van der Waals surface area contributed by atoms with Crippen LogP contribution in [0.3, 0.4) is 0 Å². The lowest BCUT2D eigenvalue weighted by molar-refractivity contribution is 0.102. The van der Waals surface area contributed by atoms with E-state index in [1.54, 1.807) is 17.1 Å². The minimum absolute atomic E-state index is 0.165. The van der Waals surface area contributed by atoms with Crippen LogP contribution >= 0.6 is 15.9 Å². The van der Waals surface area contributed by atoms with E-state index in [1.807, 2.05) is 32.0 Å². The SMILES string of the molecule is CCNc1ccc(Br)cc1NC(=O)c1cnn(CC)c1. The molecule has 0 atom stereocenters. The number of carbonyl (C=O) groups is 1. The monoisotopic (exact) mass is 336 g/mol. The molecule has 0 fully saturated rings. The van der Waals surface area contributed by atoms with Crippen molar-refractivity contribution in [3.8, 4) is 0 Å². The summed E-state index contributed by atoms with van der Waals surface area (Å²) in [6.07, 6.45) is 3.31. The fourth-order valence-electron chi connectivity index (χ4n) is 1.81. The summed E-state index contributed by atoms with van der Waals surface area (Å²) in [4.78, 5) is 12.2. The molecular formula is C14H17BrN4O. The largest absolute Gasteiger partial charge is 0.384 e. The first-order chi connectivity index (χ1) is 9.63. The molecule has 0 unspecified atom stereocenters. The second kappa shape index (κ2) is 6.56. The van der Waals surface area contributed by atoms with Gasteiger partial charge in [-0.2, -0.15) is 5.10 Å². The smallest absolute Gasteiger partial charge is 0.258 e. The van der Waals surface area contributed by atoms with Crippen LogP contribution < -0.4 is 10.6 Å². The van der Waals surface area contributed by atoms with Crippen LogP contribution in [0.4, 0.5) is 11.4 Å². The number of hydrogen-bond acceptors (Lipinski definition) is 3. The molecular weight excluding hydrogens is 320 g/mol. The van der Waals surface area contributed by atoms with Gasteiger partial charge in [0.1, 0.15) is 0 Å². The third-order valence-corrected chi connectivity index (χ3v) is 3.31. The van der Waals surface area contributed by atoms with E-state index in [-0.39, 0.29) is 5.91 Å². The topological polar surface area (TPSA) is 58.9 Å². The Morgan fingerprint density at radius 2 is 2.15 bits per heavy atom. The average molecular weight is 337 g/mol. The molecule has 20 heavy (non-hydrogen) atoms. The molecule has 0 saturated carbocycles. The number of anilines is 2. The maximum absolute atomic E-state index is 12.2. The molecule has 0 radical (unpaired) electrons. The maximum Gasteiger partial charge on any atom is 0.258 e. The van der Waals surface area contributed by atoms with Crippen molar-refractivity contribution < 1.29 is 4.79 Å². The molecule has 6 heteroatoms. The van der Waals surface area contributed by atoms with Gasteiger partial charge in [0.25, 0.3) is 5.91 Å². The number of amides is 1. The lowest BCUT2D eigenvalue weighted by Crippen LogP contribution is -2.13. The minimum Gasteiger partial charge on any atom is -0.384 e. The number of rotatable bonds is 5. The summed E-state index contributed by atoms with van der Waals surface area (Å²) >= 11 is 3.41. The molecule has 106 valence electrons. The van der Waals surface area contributed by atoms with Gasteiger partial charge in [0.05, 0.1) is 23.1 Å². The molecule has 0 aliphatic rings. The Bertz CT molecular complexity index is 609. The van der Waals surface area contributed by atoms with Crippen molar-refractivity contribution in [3.05, 3.63) is 40.6 Å². The molecule has 2 rings (SSSR count). The quantitative estimate of drug-likeness (QED) is 0.880. The van der Waals surface area contributed by atoms with Crippen LogP contribution in [0.2, 0.25) is 0 Å². The highest BCUT2D eigenvalue weighted by Gasteiger charge is 2.11. The summed E-state index contributed by atoms with van der Waals surface area (Å²) in [6.45, 7) is 5.52. The first-order valence-electron chi connectivity index (χ1n) is 6.51. The summed E-state index contributed by atoms with van der Waals surface area (Å²) in [6, 6.07) is 5.74. The fraction of sp³-hybridized carbons (Fsp3) is 0.286. The van der Waals surface area contributed by atoms with Crippen LogP contribution in [0.15, 0.2) is 35.1 Å². The van der Waals surface area contributed by atoms with E-state index in [0.717, 1.165) is 28.9 Å². The van der Waals surface area contributed by atoms with Crippen LogP contribution in [0.25, 0.3) is 0 Å². The number of nitrogens with zero attached hydrogens (tertiary/aromatic N) is 2. The molecule has 0 spiro atoms. The molecule has 0 aliphatic carbocycles. The van der Waals surface area contributed by atoms with Crippen molar-refractivity contribution >= 4 is 33.2 Å². The molecule has 5 nitrogen and oxygen atoms in total. The Labute approximate surface area is 126 Å². The summed E-state index contributed by atoms with van der Waals surface area (Å²) in [5, 5.41) is 10.2. The molecule has 0 saturated heterocycles. The Morgan fingerprint density at radius 1 is 1.35 bits per heavy atom. The molecule has 0 bridgehead atoms. The van der Waals surface area contributed by atoms with E-state index in [0.29, 0.717) is 5.56 Å². The molecule has 1 amide bonds. The Kier molecular flexibility index (Phi) is 4.79. The van der Waals surface area contributed by atoms with Gasteiger partial charge in [0.2, 0.25) is 0 Å². The lowest BCUT2D eigenvalue weighted by atomic mass is 10.2. The predicted molar refractivity (Wildman–Crippen MR) is 84.2 cm³/mol. The molecule has 0 aliphatic heterocycles. The van der Waals surface area contributed by atoms with Gasteiger partial charge in [-0.1, -0.05) is 15.9 Å². The van der Waals surface area contributed by atoms with E-state index in [4.69, 9.17) is 0 Å².